The third-order valence-electron chi connectivity index (χ3n) is 2.17. The molecule has 0 aliphatic rings. The molecule has 0 aliphatic heterocycles. The number of carboxylic acid groups (broad SMARTS) is 1. The number of para-hydroxylation sites is 1. The molecule has 18 heavy (non-hydrogen) atoms. The third kappa shape index (κ3) is 3.17. The molecule has 1 amide bonds. The number of aliphatic carboxylic acids is 1. The topological polar surface area (TPSA) is 91.3 Å². The number of thiazole rings is 1. The number of hydrogen-bond donors (Lipinski definition) is 3. The summed E-state index contributed by atoms with van der Waals surface area (Å²) in [7, 11) is 0. The van der Waals surface area contributed by atoms with E-state index in [1.54, 1.807) is 0 Å². The van der Waals surface area contributed by atoms with Gasteiger partial charge in [0.25, 0.3) is 0 Å². The standard InChI is InChI=1S/C11H11N3O3S/c15-9(5-6-10(16)17)13-14-11-12-7-3-1-2-4-8(7)18-11/h1-4H,5-6H2,(H,12,14)(H,13,15)(H,16,17). The number of carbonyl (C=O) groups excluding carboxylic acids is 1. The lowest BCUT2D eigenvalue weighted by molar-refractivity contribution is -0.138. The smallest absolute Gasteiger partial charge is 0.303 e. The molecule has 0 saturated heterocycles. The number of fused-ring (bicyclic) bond motifs is 1. The molecule has 0 saturated carbocycles. The zero-order valence-corrected chi connectivity index (χ0v) is 10.2. The highest BCUT2D eigenvalue weighted by Crippen LogP contribution is 2.24. The Balaban J connectivity index is 1.90. The van der Waals surface area contributed by atoms with Crippen molar-refractivity contribution in [1.82, 2.24) is 10.4 Å². The number of hydrogen-bond acceptors (Lipinski definition) is 5. The Kier molecular flexibility index (Phi) is 3.73. The van der Waals surface area contributed by atoms with Gasteiger partial charge >= 0.3 is 5.97 Å². The Morgan fingerprint density at radius 3 is 2.78 bits per heavy atom. The number of aromatic nitrogens is 1. The van der Waals surface area contributed by atoms with Crippen molar-refractivity contribution in [2.24, 2.45) is 0 Å². The monoisotopic (exact) mass is 265 g/mol. The van der Waals surface area contributed by atoms with E-state index in [1.165, 1.54) is 11.3 Å². The van der Waals surface area contributed by atoms with Gasteiger partial charge in [-0.2, -0.15) is 0 Å². The Bertz CT molecular complexity index is 549. The first-order valence-electron chi connectivity index (χ1n) is 5.27. The number of rotatable bonds is 5. The lowest BCUT2D eigenvalue weighted by Crippen LogP contribution is -2.29. The van der Waals surface area contributed by atoms with E-state index in [1.807, 2.05) is 24.3 Å². The molecule has 1 aromatic heterocycles. The molecule has 0 fully saturated rings. The van der Waals surface area contributed by atoms with Crippen LogP contribution in [-0.4, -0.2) is 22.0 Å². The van der Waals surface area contributed by atoms with Crippen LogP contribution in [0.5, 0.6) is 0 Å². The third-order valence-corrected chi connectivity index (χ3v) is 3.12. The molecule has 1 aromatic carbocycles. The van der Waals surface area contributed by atoms with Gasteiger partial charge < -0.3 is 5.11 Å². The second kappa shape index (κ2) is 5.46. The maximum absolute atomic E-state index is 11.3. The van der Waals surface area contributed by atoms with Crippen LogP contribution in [0.15, 0.2) is 24.3 Å². The second-order valence-corrected chi connectivity index (χ2v) is 4.58. The fraction of sp³-hybridized carbons (Fsp3) is 0.182. The van der Waals surface area contributed by atoms with Crippen molar-refractivity contribution in [2.45, 2.75) is 12.8 Å². The molecular weight excluding hydrogens is 254 g/mol. The molecule has 0 atom stereocenters. The lowest BCUT2D eigenvalue weighted by atomic mass is 10.3. The summed E-state index contributed by atoms with van der Waals surface area (Å²) >= 11 is 1.41. The summed E-state index contributed by atoms with van der Waals surface area (Å²) in [6, 6.07) is 7.61. The van der Waals surface area contributed by atoms with Crippen LogP contribution < -0.4 is 10.9 Å². The fourth-order valence-corrected chi connectivity index (χ4v) is 2.15. The number of nitrogens with one attached hydrogen (secondary N) is 2. The average molecular weight is 265 g/mol. The van der Waals surface area contributed by atoms with Crippen LogP contribution in [0.4, 0.5) is 5.13 Å². The highest BCUT2D eigenvalue weighted by atomic mass is 32.1. The summed E-state index contributed by atoms with van der Waals surface area (Å²) in [5.41, 5.74) is 5.94. The van der Waals surface area contributed by atoms with Crippen LogP contribution in [-0.2, 0) is 9.59 Å². The summed E-state index contributed by atoms with van der Waals surface area (Å²) in [6.45, 7) is 0. The van der Waals surface area contributed by atoms with E-state index in [4.69, 9.17) is 5.11 Å². The van der Waals surface area contributed by atoms with Crippen molar-refractivity contribution in [1.29, 1.82) is 0 Å². The van der Waals surface area contributed by atoms with Gasteiger partial charge in [0.05, 0.1) is 16.6 Å². The number of carboxylic acids is 1. The minimum absolute atomic E-state index is 0.0623. The Hall–Kier alpha value is -2.15. The van der Waals surface area contributed by atoms with E-state index < -0.39 is 5.97 Å². The van der Waals surface area contributed by atoms with Crippen LogP contribution in [0.3, 0.4) is 0 Å². The summed E-state index contributed by atoms with van der Waals surface area (Å²) in [6.07, 6.45) is -0.249. The van der Waals surface area contributed by atoms with E-state index in [2.05, 4.69) is 15.8 Å². The first kappa shape index (κ1) is 12.3. The second-order valence-electron chi connectivity index (χ2n) is 3.55. The zero-order chi connectivity index (χ0) is 13.0. The number of anilines is 1. The summed E-state index contributed by atoms with van der Waals surface area (Å²) in [4.78, 5) is 25.8. The molecule has 3 N–H and O–H groups in total. The fourth-order valence-electron chi connectivity index (χ4n) is 1.33. The maximum Gasteiger partial charge on any atom is 0.303 e. The molecule has 7 heteroatoms. The largest absolute Gasteiger partial charge is 0.481 e. The van der Waals surface area contributed by atoms with Crippen LogP contribution in [0.2, 0.25) is 0 Å². The van der Waals surface area contributed by atoms with Gasteiger partial charge in [0.15, 0.2) is 0 Å². The van der Waals surface area contributed by atoms with Crippen molar-refractivity contribution in [3.8, 4) is 0 Å². The van der Waals surface area contributed by atoms with Crippen molar-refractivity contribution in [2.75, 3.05) is 5.43 Å². The summed E-state index contributed by atoms with van der Waals surface area (Å²) in [5.74, 6) is -1.37. The van der Waals surface area contributed by atoms with Gasteiger partial charge in [-0.1, -0.05) is 23.5 Å². The normalized spacial score (nSPS) is 10.2. The van der Waals surface area contributed by atoms with Crippen LogP contribution >= 0.6 is 11.3 Å². The van der Waals surface area contributed by atoms with Crippen molar-refractivity contribution in [3.05, 3.63) is 24.3 Å². The van der Waals surface area contributed by atoms with Gasteiger partial charge in [0, 0.05) is 6.42 Å². The van der Waals surface area contributed by atoms with Crippen LogP contribution in [0.1, 0.15) is 12.8 Å². The number of carbonyl (C=O) groups is 2. The molecule has 6 nitrogen and oxygen atoms in total. The maximum atomic E-state index is 11.3. The molecule has 0 bridgehead atoms. The van der Waals surface area contributed by atoms with E-state index in [9.17, 15) is 9.59 Å². The predicted molar refractivity (Wildman–Crippen MR) is 68.3 cm³/mol. The van der Waals surface area contributed by atoms with E-state index in [-0.39, 0.29) is 18.7 Å². The van der Waals surface area contributed by atoms with Crippen molar-refractivity contribution >= 4 is 38.6 Å². The number of hydrazine groups is 1. The SMILES string of the molecule is O=C(O)CCC(=O)NNc1nc2ccccc2s1. The molecule has 2 aromatic rings. The minimum atomic E-state index is -0.995. The Morgan fingerprint density at radius 1 is 1.28 bits per heavy atom. The summed E-state index contributed by atoms with van der Waals surface area (Å²) < 4.78 is 1.01. The van der Waals surface area contributed by atoms with Gasteiger partial charge in [0.1, 0.15) is 0 Å². The first-order chi connectivity index (χ1) is 8.65. The molecule has 1 heterocycles. The highest BCUT2D eigenvalue weighted by molar-refractivity contribution is 7.22. The van der Waals surface area contributed by atoms with Gasteiger partial charge in [0.2, 0.25) is 11.0 Å². The Labute approximate surface area is 107 Å². The highest BCUT2D eigenvalue weighted by Gasteiger charge is 2.06. The lowest BCUT2D eigenvalue weighted by Gasteiger charge is -2.03. The minimum Gasteiger partial charge on any atom is -0.481 e. The molecule has 0 radical (unpaired) electrons. The summed E-state index contributed by atoms with van der Waals surface area (Å²) in [5, 5.41) is 9.00. The Morgan fingerprint density at radius 2 is 2.06 bits per heavy atom. The number of amides is 1. The van der Waals surface area contributed by atoms with Gasteiger partial charge in [-0.3, -0.25) is 20.4 Å². The van der Waals surface area contributed by atoms with Crippen LogP contribution in [0, 0.1) is 0 Å². The van der Waals surface area contributed by atoms with E-state index in [0.717, 1.165) is 10.2 Å². The molecule has 2 rings (SSSR count). The molecule has 94 valence electrons. The average Bonchev–Trinajstić information content (AvgIpc) is 2.76. The van der Waals surface area contributed by atoms with Gasteiger partial charge in [-0.05, 0) is 12.1 Å². The quantitative estimate of drug-likeness (QED) is 0.714. The molecule has 0 unspecified atom stereocenters. The van der Waals surface area contributed by atoms with Gasteiger partial charge in [-0.25, -0.2) is 4.98 Å². The molecule has 0 spiro atoms. The van der Waals surface area contributed by atoms with Crippen molar-refractivity contribution in [3.63, 3.8) is 0 Å². The predicted octanol–water partition coefficient (Wildman–Crippen LogP) is 1.60. The number of benzene rings is 1. The van der Waals surface area contributed by atoms with Gasteiger partial charge in [-0.15, -0.1) is 0 Å². The van der Waals surface area contributed by atoms with E-state index >= 15 is 0 Å². The van der Waals surface area contributed by atoms with Crippen LogP contribution in [0.25, 0.3) is 10.2 Å². The van der Waals surface area contributed by atoms with Crippen molar-refractivity contribution < 1.29 is 14.7 Å². The molecule has 0 aliphatic carbocycles. The zero-order valence-electron chi connectivity index (χ0n) is 9.34. The first-order valence-corrected chi connectivity index (χ1v) is 6.09. The molecular formula is C11H11N3O3S. The number of nitrogens with zero attached hydrogens (tertiary/aromatic N) is 1. The van der Waals surface area contributed by atoms with E-state index in [0.29, 0.717) is 5.13 Å².